The summed E-state index contributed by atoms with van der Waals surface area (Å²) in [6.07, 6.45) is 4.40. The fourth-order valence-electron chi connectivity index (χ4n) is 2.96. The lowest BCUT2D eigenvalue weighted by molar-refractivity contribution is 0.431. The van der Waals surface area contributed by atoms with Crippen LogP contribution in [-0.4, -0.2) is 13.1 Å². The Morgan fingerprint density at radius 3 is 2.83 bits per heavy atom. The van der Waals surface area contributed by atoms with Crippen molar-refractivity contribution in [3.63, 3.8) is 0 Å². The van der Waals surface area contributed by atoms with Crippen LogP contribution in [0.2, 0.25) is 0 Å². The molecule has 0 saturated heterocycles. The van der Waals surface area contributed by atoms with Crippen molar-refractivity contribution in [2.45, 2.75) is 38.5 Å². The molecule has 0 aromatic heterocycles. The molecule has 1 nitrogen and oxygen atoms in total. The third kappa shape index (κ3) is 3.08. The van der Waals surface area contributed by atoms with Crippen LogP contribution in [0.5, 0.6) is 0 Å². The highest BCUT2D eigenvalue weighted by Gasteiger charge is 2.30. The Kier molecular flexibility index (Phi) is 4.70. The number of rotatable bonds is 5. The fourth-order valence-corrected chi connectivity index (χ4v) is 2.96. The van der Waals surface area contributed by atoms with Crippen molar-refractivity contribution in [2.24, 2.45) is 5.92 Å². The Hall–Kier alpha value is -0.960. The zero-order chi connectivity index (χ0) is 13.0. The molecule has 0 spiro atoms. The molecule has 1 aromatic carbocycles. The van der Waals surface area contributed by atoms with Gasteiger partial charge in [-0.15, -0.1) is 0 Å². The topological polar surface area (TPSA) is 12.0 Å². The first kappa shape index (κ1) is 13.5. The van der Waals surface area contributed by atoms with Gasteiger partial charge in [0.05, 0.1) is 0 Å². The minimum absolute atomic E-state index is 0.245. The van der Waals surface area contributed by atoms with Gasteiger partial charge in [-0.1, -0.05) is 19.4 Å². The molecule has 0 bridgehead atoms. The molecule has 1 N–H and O–H groups in total. The van der Waals surface area contributed by atoms with Crippen molar-refractivity contribution < 1.29 is 8.78 Å². The Balaban J connectivity index is 2.06. The largest absolute Gasteiger partial charge is 0.316 e. The third-order valence-corrected chi connectivity index (χ3v) is 3.85. The van der Waals surface area contributed by atoms with E-state index in [0.717, 1.165) is 44.8 Å². The molecule has 3 heteroatoms. The van der Waals surface area contributed by atoms with Crippen molar-refractivity contribution in [2.75, 3.05) is 13.1 Å². The van der Waals surface area contributed by atoms with E-state index in [0.29, 0.717) is 11.5 Å². The molecule has 1 saturated carbocycles. The maximum Gasteiger partial charge on any atom is 0.129 e. The van der Waals surface area contributed by atoms with E-state index >= 15 is 0 Å². The summed E-state index contributed by atoms with van der Waals surface area (Å²) in [4.78, 5) is 0. The number of hydrogen-bond donors (Lipinski definition) is 1. The van der Waals surface area contributed by atoms with E-state index in [1.807, 2.05) is 0 Å². The van der Waals surface area contributed by atoms with Crippen LogP contribution in [0.25, 0.3) is 0 Å². The quantitative estimate of drug-likeness (QED) is 0.786. The summed E-state index contributed by atoms with van der Waals surface area (Å²) in [5.41, 5.74) is 0.692. The Labute approximate surface area is 108 Å². The Morgan fingerprint density at radius 2 is 2.11 bits per heavy atom. The van der Waals surface area contributed by atoms with Crippen molar-refractivity contribution in [1.82, 2.24) is 5.32 Å². The van der Waals surface area contributed by atoms with Crippen molar-refractivity contribution >= 4 is 0 Å². The van der Waals surface area contributed by atoms with Crippen LogP contribution in [0.1, 0.15) is 44.1 Å². The molecule has 2 atom stereocenters. The second-order valence-electron chi connectivity index (χ2n) is 5.17. The smallest absolute Gasteiger partial charge is 0.129 e. The molecule has 0 heterocycles. The highest BCUT2D eigenvalue weighted by molar-refractivity contribution is 5.24. The maximum atomic E-state index is 13.8. The molecule has 0 aliphatic heterocycles. The van der Waals surface area contributed by atoms with Crippen LogP contribution >= 0.6 is 0 Å². The average Bonchev–Trinajstić information content (AvgIpc) is 2.78. The summed E-state index contributed by atoms with van der Waals surface area (Å²) in [7, 11) is 0. The van der Waals surface area contributed by atoms with E-state index in [4.69, 9.17) is 0 Å². The Morgan fingerprint density at radius 1 is 1.28 bits per heavy atom. The highest BCUT2D eigenvalue weighted by atomic mass is 19.1. The molecule has 2 unspecified atom stereocenters. The summed E-state index contributed by atoms with van der Waals surface area (Å²) in [6.45, 7) is 4.09. The third-order valence-electron chi connectivity index (χ3n) is 3.85. The van der Waals surface area contributed by atoms with E-state index in [9.17, 15) is 8.78 Å². The first-order valence-corrected chi connectivity index (χ1v) is 6.88. The van der Waals surface area contributed by atoms with Gasteiger partial charge in [0.15, 0.2) is 0 Å². The van der Waals surface area contributed by atoms with E-state index < -0.39 is 5.82 Å². The molecule has 1 aromatic rings. The number of benzene rings is 1. The first-order chi connectivity index (χ1) is 8.72. The van der Waals surface area contributed by atoms with Gasteiger partial charge in [-0.3, -0.25) is 0 Å². The molecule has 0 radical (unpaired) electrons. The lowest BCUT2D eigenvalue weighted by atomic mass is 9.88. The van der Waals surface area contributed by atoms with Gasteiger partial charge >= 0.3 is 0 Å². The van der Waals surface area contributed by atoms with Crippen LogP contribution in [0, 0.1) is 17.6 Å². The van der Waals surface area contributed by atoms with Crippen LogP contribution in [0.15, 0.2) is 18.2 Å². The molecule has 100 valence electrons. The van der Waals surface area contributed by atoms with E-state index in [1.54, 1.807) is 6.07 Å². The van der Waals surface area contributed by atoms with Gasteiger partial charge in [0.2, 0.25) is 0 Å². The minimum atomic E-state index is -0.491. The van der Waals surface area contributed by atoms with Crippen molar-refractivity contribution in [3.05, 3.63) is 35.4 Å². The molecule has 1 fully saturated rings. The standard InChI is InChI=1S/C15H21F2N/c1-2-8-18-10-11-4-3-5-13(11)14-7-6-12(16)9-15(14)17/h6-7,9,11,13,18H,2-5,8,10H2,1H3. The minimum Gasteiger partial charge on any atom is -0.316 e. The predicted molar refractivity (Wildman–Crippen MR) is 69.6 cm³/mol. The van der Waals surface area contributed by atoms with Gasteiger partial charge < -0.3 is 5.32 Å². The summed E-state index contributed by atoms with van der Waals surface area (Å²) in [5, 5.41) is 3.41. The van der Waals surface area contributed by atoms with Gasteiger partial charge in [0, 0.05) is 6.07 Å². The second-order valence-corrected chi connectivity index (χ2v) is 5.17. The SMILES string of the molecule is CCCNCC1CCCC1c1ccc(F)cc1F. The zero-order valence-electron chi connectivity index (χ0n) is 10.9. The molecule has 1 aliphatic carbocycles. The number of halogens is 2. The van der Waals surface area contributed by atoms with Gasteiger partial charge in [-0.25, -0.2) is 8.78 Å². The monoisotopic (exact) mass is 253 g/mol. The van der Waals surface area contributed by atoms with Crippen LogP contribution in [0.3, 0.4) is 0 Å². The molecular weight excluding hydrogens is 232 g/mol. The number of hydrogen-bond acceptors (Lipinski definition) is 1. The first-order valence-electron chi connectivity index (χ1n) is 6.88. The van der Waals surface area contributed by atoms with Crippen LogP contribution in [-0.2, 0) is 0 Å². The van der Waals surface area contributed by atoms with Gasteiger partial charge in [-0.05, 0) is 55.8 Å². The van der Waals surface area contributed by atoms with Gasteiger partial charge in [-0.2, -0.15) is 0 Å². The number of nitrogens with one attached hydrogen (secondary N) is 1. The highest BCUT2D eigenvalue weighted by Crippen LogP contribution is 2.40. The summed E-state index contributed by atoms with van der Waals surface area (Å²) in [5.74, 6) is -0.149. The Bertz CT molecular complexity index is 392. The zero-order valence-corrected chi connectivity index (χ0v) is 10.9. The molecule has 1 aliphatic rings. The summed E-state index contributed by atoms with van der Waals surface area (Å²) >= 11 is 0. The second kappa shape index (κ2) is 6.28. The lowest BCUT2D eigenvalue weighted by Gasteiger charge is -2.21. The normalized spacial score (nSPS) is 23.5. The van der Waals surface area contributed by atoms with Crippen LogP contribution in [0.4, 0.5) is 8.78 Å². The molecule has 2 rings (SSSR count). The summed E-state index contributed by atoms with van der Waals surface area (Å²) < 4.78 is 26.7. The van der Waals surface area contributed by atoms with E-state index in [-0.39, 0.29) is 11.7 Å². The molecule has 0 amide bonds. The van der Waals surface area contributed by atoms with Crippen molar-refractivity contribution in [3.8, 4) is 0 Å². The predicted octanol–water partition coefficient (Wildman–Crippen LogP) is 3.85. The fraction of sp³-hybridized carbons (Fsp3) is 0.600. The van der Waals surface area contributed by atoms with Gasteiger partial charge in [0.25, 0.3) is 0 Å². The average molecular weight is 253 g/mol. The lowest BCUT2D eigenvalue weighted by Crippen LogP contribution is -2.25. The van der Waals surface area contributed by atoms with E-state index in [2.05, 4.69) is 12.2 Å². The van der Waals surface area contributed by atoms with E-state index in [1.165, 1.54) is 6.07 Å². The van der Waals surface area contributed by atoms with Crippen LogP contribution < -0.4 is 5.32 Å². The summed E-state index contributed by atoms with van der Waals surface area (Å²) in [6, 6.07) is 3.99. The molecular formula is C15H21F2N. The maximum absolute atomic E-state index is 13.8. The van der Waals surface area contributed by atoms with Crippen molar-refractivity contribution in [1.29, 1.82) is 0 Å². The van der Waals surface area contributed by atoms with Gasteiger partial charge in [0.1, 0.15) is 11.6 Å². The molecule has 18 heavy (non-hydrogen) atoms.